The molecule has 0 bridgehead atoms. The van der Waals surface area contributed by atoms with Crippen LogP contribution in [0.4, 0.5) is 0 Å². The molecule has 1 N–H and O–H groups in total. The zero-order valence-electron chi connectivity index (χ0n) is 8.61. The molecule has 17 heavy (non-hydrogen) atoms. The topological polar surface area (TPSA) is 41.6 Å². The number of benzene rings is 1. The minimum absolute atomic E-state index is 0.735. The monoisotopic (exact) mass is 351 g/mol. The van der Waals surface area contributed by atoms with Crippen LogP contribution in [0.25, 0.3) is 22.6 Å². The van der Waals surface area contributed by atoms with E-state index in [1.165, 1.54) is 0 Å². The smallest absolute Gasteiger partial charge is 0.178 e. The third-order valence-corrected chi connectivity index (χ3v) is 3.31. The number of hydrogen-bond acceptors (Lipinski definition) is 2. The number of rotatable bonds is 1. The molecule has 0 aliphatic carbocycles. The molecule has 3 rings (SSSR count). The van der Waals surface area contributed by atoms with Crippen molar-refractivity contribution in [3.8, 4) is 11.4 Å². The van der Waals surface area contributed by atoms with Gasteiger partial charge in [0.1, 0.15) is 5.82 Å². The maximum absolute atomic E-state index is 4.46. The molecule has 2 aromatic heterocycles. The molecule has 0 atom stereocenters. The van der Waals surface area contributed by atoms with E-state index in [1.54, 1.807) is 6.20 Å². The molecule has 0 aliphatic heterocycles. The Morgan fingerprint density at radius 1 is 1.06 bits per heavy atom. The summed E-state index contributed by atoms with van der Waals surface area (Å²) in [5.41, 5.74) is 2.70. The summed E-state index contributed by atoms with van der Waals surface area (Å²) < 4.78 is 2.02. The van der Waals surface area contributed by atoms with E-state index in [0.29, 0.717) is 0 Å². The summed E-state index contributed by atoms with van der Waals surface area (Å²) in [6.07, 6.45) is 1.74. The number of imidazole rings is 1. The molecule has 0 spiro atoms. The largest absolute Gasteiger partial charge is 0.337 e. The average molecular weight is 353 g/mol. The van der Waals surface area contributed by atoms with Crippen LogP contribution in [-0.2, 0) is 0 Å². The number of halogens is 2. The molecule has 0 aliphatic rings. The van der Waals surface area contributed by atoms with E-state index in [-0.39, 0.29) is 0 Å². The lowest BCUT2D eigenvalue weighted by molar-refractivity contribution is 1.30. The van der Waals surface area contributed by atoms with Crippen LogP contribution in [0, 0.1) is 0 Å². The van der Waals surface area contributed by atoms with Crippen molar-refractivity contribution in [1.29, 1.82) is 0 Å². The zero-order chi connectivity index (χ0) is 11.8. The maximum Gasteiger partial charge on any atom is 0.178 e. The summed E-state index contributed by atoms with van der Waals surface area (Å²) >= 11 is 6.93. The quantitative estimate of drug-likeness (QED) is 0.714. The van der Waals surface area contributed by atoms with Gasteiger partial charge in [-0.25, -0.2) is 9.97 Å². The first-order chi connectivity index (χ1) is 8.22. The Bertz CT molecular complexity index is 638. The van der Waals surface area contributed by atoms with Crippen LogP contribution in [0.15, 0.2) is 45.5 Å². The van der Waals surface area contributed by atoms with Gasteiger partial charge in [-0.1, -0.05) is 31.9 Å². The molecule has 0 unspecified atom stereocenters. The number of nitrogens with one attached hydrogen (secondary N) is 1. The van der Waals surface area contributed by atoms with Gasteiger partial charge in [0.05, 0.1) is 5.52 Å². The highest BCUT2D eigenvalue weighted by Gasteiger charge is 2.06. The van der Waals surface area contributed by atoms with Crippen molar-refractivity contribution in [1.82, 2.24) is 15.0 Å². The van der Waals surface area contributed by atoms with Gasteiger partial charge < -0.3 is 4.98 Å². The van der Waals surface area contributed by atoms with Crippen LogP contribution in [0.1, 0.15) is 0 Å². The van der Waals surface area contributed by atoms with Crippen molar-refractivity contribution in [3.63, 3.8) is 0 Å². The highest BCUT2D eigenvalue weighted by Crippen LogP contribution is 2.26. The Kier molecular flexibility index (Phi) is 2.72. The lowest BCUT2D eigenvalue weighted by atomic mass is 10.2. The molecule has 5 heteroatoms. The third kappa shape index (κ3) is 2.12. The second-order valence-corrected chi connectivity index (χ2v) is 5.45. The van der Waals surface area contributed by atoms with Gasteiger partial charge in [-0.15, -0.1) is 0 Å². The number of nitrogens with zero attached hydrogens (tertiary/aromatic N) is 2. The first kappa shape index (κ1) is 10.9. The number of pyridine rings is 1. The summed E-state index contributed by atoms with van der Waals surface area (Å²) in [5, 5.41) is 0. The van der Waals surface area contributed by atoms with Crippen molar-refractivity contribution in [2.75, 3.05) is 0 Å². The number of hydrogen-bond donors (Lipinski definition) is 1. The molecular formula is C12H7Br2N3. The molecule has 2 heterocycles. The first-order valence-corrected chi connectivity index (χ1v) is 6.58. The molecule has 1 aromatic carbocycles. The minimum Gasteiger partial charge on any atom is -0.337 e. The summed E-state index contributed by atoms with van der Waals surface area (Å²) in [6, 6.07) is 9.88. The van der Waals surface area contributed by atoms with Crippen molar-refractivity contribution >= 4 is 43.0 Å². The van der Waals surface area contributed by atoms with Gasteiger partial charge in [-0.05, 0) is 30.3 Å². The molecule has 0 saturated carbocycles. The van der Waals surface area contributed by atoms with E-state index in [2.05, 4.69) is 46.8 Å². The number of H-pyrrole nitrogens is 1. The molecule has 0 amide bonds. The van der Waals surface area contributed by atoms with Crippen LogP contribution in [0.5, 0.6) is 0 Å². The van der Waals surface area contributed by atoms with Crippen molar-refractivity contribution in [2.45, 2.75) is 0 Å². The number of aromatic amines is 1. The normalized spacial score (nSPS) is 10.9. The Labute approximate surface area is 115 Å². The van der Waals surface area contributed by atoms with Gasteiger partial charge in [-0.2, -0.15) is 0 Å². The van der Waals surface area contributed by atoms with Gasteiger partial charge >= 0.3 is 0 Å². The van der Waals surface area contributed by atoms with Crippen molar-refractivity contribution in [3.05, 3.63) is 45.5 Å². The molecule has 0 radical (unpaired) electrons. The Hall–Kier alpha value is -1.20. The highest BCUT2D eigenvalue weighted by atomic mass is 79.9. The Morgan fingerprint density at radius 3 is 2.53 bits per heavy atom. The predicted octanol–water partition coefficient (Wildman–Crippen LogP) is 4.15. The summed E-state index contributed by atoms with van der Waals surface area (Å²) in [6.45, 7) is 0. The van der Waals surface area contributed by atoms with E-state index < -0.39 is 0 Å². The second-order valence-electron chi connectivity index (χ2n) is 3.62. The molecule has 3 nitrogen and oxygen atoms in total. The van der Waals surface area contributed by atoms with Crippen molar-refractivity contribution < 1.29 is 0 Å². The Balaban J connectivity index is 2.20. The van der Waals surface area contributed by atoms with Crippen LogP contribution < -0.4 is 0 Å². The van der Waals surface area contributed by atoms with Gasteiger partial charge in [0.15, 0.2) is 5.65 Å². The summed E-state index contributed by atoms with van der Waals surface area (Å²) in [4.78, 5) is 11.9. The summed E-state index contributed by atoms with van der Waals surface area (Å²) in [5.74, 6) is 0.820. The zero-order valence-corrected chi connectivity index (χ0v) is 11.8. The van der Waals surface area contributed by atoms with Gasteiger partial charge in [-0.3, -0.25) is 0 Å². The predicted molar refractivity (Wildman–Crippen MR) is 74.7 cm³/mol. The number of fused-ring (bicyclic) bond motifs is 1. The van der Waals surface area contributed by atoms with E-state index >= 15 is 0 Å². The maximum atomic E-state index is 4.46. The van der Waals surface area contributed by atoms with Crippen LogP contribution >= 0.6 is 31.9 Å². The average Bonchev–Trinajstić information content (AvgIpc) is 2.71. The van der Waals surface area contributed by atoms with Crippen LogP contribution in [-0.4, -0.2) is 15.0 Å². The fourth-order valence-corrected chi connectivity index (χ4v) is 2.97. The van der Waals surface area contributed by atoms with Crippen molar-refractivity contribution in [2.24, 2.45) is 0 Å². The molecular weight excluding hydrogens is 346 g/mol. The molecule has 3 aromatic rings. The minimum atomic E-state index is 0.735. The van der Waals surface area contributed by atoms with Gasteiger partial charge in [0.2, 0.25) is 0 Å². The second kappa shape index (κ2) is 4.23. The van der Waals surface area contributed by atoms with E-state index in [9.17, 15) is 0 Å². The first-order valence-electron chi connectivity index (χ1n) is 4.99. The molecule has 0 saturated heterocycles. The Morgan fingerprint density at radius 2 is 1.82 bits per heavy atom. The fourth-order valence-electron chi connectivity index (χ4n) is 1.67. The van der Waals surface area contributed by atoms with E-state index in [1.807, 2.05) is 30.3 Å². The standard InChI is InChI=1S/C12H7Br2N3/c13-8-4-7(5-9(14)6-8)11-16-10-2-1-3-15-12(10)17-11/h1-6H,(H,15,16,17). The molecule has 84 valence electrons. The number of aromatic nitrogens is 3. The van der Waals surface area contributed by atoms with E-state index in [4.69, 9.17) is 0 Å². The van der Waals surface area contributed by atoms with Gasteiger partial charge in [0, 0.05) is 20.7 Å². The third-order valence-electron chi connectivity index (χ3n) is 2.39. The van der Waals surface area contributed by atoms with Crippen LogP contribution in [0.2, 0.25) is 0 Å². The van der Waals surface area contributed by atoms with Gasteiger partial charge in [0.25, 0.3) is 0 Å². The SMILES string of the molecule is Brc1cc(Br)cc(-c2nc3ncccc3[nH]2)c1. The highest BCUT2D eigenvalue weighted by molar-refractivity contribution is 9.11. The lowest BCUT2D eigenvalue weighted by Crippen LogP contribution is -1.81. The van der Waals surface area contributed by atoms with Crippen LogP contribution in [0.3, 0.4) is 0 Å². The van der Waals surface area contributed by atoms with E-state index in [0.717, 1.165) is 31.5 Å². The summed E-state index contributed by atoms with van der Waals surface area (Å²) in [7, 11) is 0. The lowest BCUT2D eigenvalue weighted by Gasteiger charge is -1.99. The molecule has 0 fully saturated rings. The fraction of sp³-hybridized carbons (Fsp3) is 0.